The summed E-state index contributed by atoms with van der Waals surface area (Å²) in [5.74, 6) is -0.497. The van der Waals surface area contributed by atoms with Gasteiger partial charge in [0.15, 0.2) is 0 Å². The van der Waals surface area contributed by atoms with Gasteiger partial charge in [0.1, 0.15) is 16.7 Å². The number of sulfonamides is 1. The zero-order chi connectivity index (χ0) is 22.9. The van der Waals surface area contributed by atoms with Gasteiger partial charge < -0.3 is 14.8 Å². The van der Waals surface area contributed by atoms with Crippen molar-refractivity contribution < 1.29 is 27.5 Å². The van der Waals surface area contributed by atoms with Gasteiger partial charge in [-0.15, -0.1) is 11.3 Å². The summed E-state index contributed by atoms with van der Waals surface area (Å²) in [5, 5.41) is 3.51. The third kappa shape index (κ3) is 3.96. The molecule has 1 atom stereocenters. The van der Waals surface area contributed by atoms with E-state index in [2.05, 4.69) is 5.32 Å². The molecule has 168 valence electrons. The lowest BCUT2D eigenvalue weighted by atomic mass is 10.2. The molecule has 1 aliphatic rings. The van der Waals surface area contributed by atoms with Gasteiger partial charge in [-0.25, -0.2) is 13.2 Å². The minimum atomic E-state index is -3.88. The van der Waals surface area contributed by atoms with Gasteiger partial charge in [0, 0.05) is 16.6 Å². The third-order valence-corrected chi connectivity index (χ3v) is 8.46. The molecule has 3 aromatic rings. The first-order valence-electron chi connectivity index (χ1n) is 9.93. The number of anilines is 1. The molecule has 0 radical (unpaired) electrons. The van der Waals surface area contributed by atoms with Crippen LogP contribution in [0.1, 0.15) is 22.5 Å². The highest BCUT2D eigenvalue weighted by Crippen LogP contribution is 2.37. The Labute approximate surface area is 189 Å². The van der Waals surface area contributed by atoms with Crippen molar-refractivity contribution in [3.63, 3.8) is 0 Å². The number of nitrogens with zero attached hydrogens (tertiary/aromatic N) is 1. The minimum absolute atomic E-state index is 0.0919. The number of carbonyl (C=O) groups excluding carboxylic acids is 2. The summed E-state index contributed by atoms with van der Waals surface area (Å²) in [5.41, 5.74) is 0.344. The fourth-order valence-corrected chi connectivity index (χ4v) is 6.52. The molecule has 1 aromatic heterocycles. The predicted octanol–water partition coefficient (Wildman–Crippen LogP) is 3.49. The van der Waals surface area contributed by atoms with Crippen LogP contribution in [0.15, 0.2) is 53.4 Å². The Morgan fingerprint density at radius 2 is 1.81 bits per heavy atom. The summed E-state index contributed by atoms with van der Waals surface area (Å²) in [6.45, 7) is 0.237. The Bertz CT molecular complexity index is 1270. The zero-order valence-electron chi connectivity index (χ0n) is 17.5. The van der Waals surface area contributed by atoms with E-state index < -0.39 is 27.9 Å². The number of rotatable bonds is 6. The summed E-state index contributed by atoms with van der Waals surface area (Å²) in [7, 11) is -1.11. The summed E-state index contributed by atoms with van der Waals surface area (Å²) in [4.78, 5) is 25.9. The van der Waals surface area contributed by atoms with Crippen molar-refractivity contribution in [3.05, 3.63) is 53.4 Å². The number of amides is 1. The van der Waals surface area contributed by atoms with Crippen molar-refractivity contribution in [1.29, 1.82) is 0 Å². The highest BCUT2D eigenvalue weighted by molar-refractivity contribution is 7.89. The second kappa shape index (κ2) is 8.89. The molecule has 1 fully saturated rings. The lowest BCUT2D eigenvalue weighted by Crippen LogP contribution is -2.43. The molecule has 4 rings (SSSR count). The molecule has 0 spiro atoms. The zero-order valence-corrected chi connectivity index (χ0v) is 19.2. The first kappa shape index (κ1) is 22.3. The van der Waals surface area contributed by atoms with Gasteiger partial charge in [-0.1, -0.05) is 18.2 Å². The van der Waals surface area contributed by atoms with Crippen LogP contribution in [0.25, 0.3) is 10.1 Å². The molecule has 0 bridgehead atoms. The number of benzene rings is 2. The van der Waals surface area contributed by atoms with E-state index in [-0.39, 0.29) is 16.3 Å². The van der Waals surface area contributed by atoms with E-state index in [0.29, 0.717) is 29.7 Å². The quantitative estimate of drug-likeness (QED) is 0.549. The normalized spacial score (nSPS) is 16.8. The number of nitrogens with one attached hydrogen (secondary N) is 1. The number of ether oxygens (including phenoxy) is 2. The highest BCUT2D eigenvalue weighted by atomic mass is 32.2. The second-order valence-electron chi connectivity index (χ2n) is 7.23. The molecule has 8 nitrogen and oxygen atoms in total. The van der Waals surface area contributed by atoms with Crippen LogP contribution < -0.4 is 10.1 Å². The average Bonchev–Trinajstić information content (AvgIpc) is 3.45. The lowest BCUT2D eigenvalue weighted by Gasteiger charge is -2.23. The summed E-state index contributed by atoms with van der Waals surface area (Å²) >= 11 is 1.21. The van der Waals surface area contributed by atoms with Gasteiger partial charge in [-0.3, -0.25) is 4.79 Å². The van der Waals surface area contributed by atoms with Crippen molar-refractivity contribution in [2.24, 2.45) is 0 Å². The Balaban J connectivity index is 1.64. The van der Waals surface area contributed by atoms with Crippen molar-refractivity contribution in [2.45, 2.75) is 23.8 Å². The molecular weight excluding hydrogens is 452 g/mol. The van der Waals surface area contributed by atoms with Crippen LogP contribution in [0, 0.1) is 0 Å². The number of hydrogen-bond donors (Lipinski definition) is 1. The van der Waals surface area contributed by atoms with Gasteiger partial charge in [-0.2, -0.15) is 4.31 Å². The van der Waals surface area contributed by atoms with Gasteiger partial charge in [0.25, 0.3) is 0 Å². The Kier molecular flexibility index (Phi) is 6.18. The monoisotopic (exact) mass is 474 g/mol. The van der Waals surface area contributed by atoms with Gasteiger partial charge in [-0.05, 0) is 43.2 Å². The molecule has 1 amide bonds. The maximum atomic E-state index is 13.2. The van der Waals surface area contributed by atoms with Crippen LogP contribution in [-0.4, -0.2) is 51.4 Å². The number of fused-ring (bicyclic) bond motifs is 1. The number of thiophene rings is 1. The molecule has 2 heterocycles. The lowest BCUT2D eigenvalue weighted by molar-refractivity contribution is -0.119. The summed E-state index contributed by atoms with van der Waals surface area (Å²) in [6, 6.07) is 12.5. The van der Waals surface area contributed by atoms with Crippen molar-refractivity contribution >= 4 is 49.0 Å². The fourth-order valence-electron chi connectivity index (χ4n) is 3.79. The standard InChI is InChI=1S/C22H22N2O6S2/c1-29-14-9-11-15(12-10-14)32(27,28)24-13-5-7-17(24)21(25)23-19-16-6-3-4-8-18(16)31-20(19)22(26)30-2/h3-4,6,8-12,17H,5,7,13H2,1-2H3,(H,23,25)/t17-/m0/s1. The molecule has 1 saturated heterocycles. The molecular formula is C22H22N2O6S2. The number of esters is 1. The van der Waals surface area contributed by atoms with Crippen LogP contribution >= 0.6 is 11.3 Å². The summed E-state index contributed by atoms with van der Waals surface area (Å²) in [6.07, 6.45) is 0.943. The molecule has 0 saturated carbocycles. The molecule has 10 heteroatoms. The van der Waals surface area contributed by atoms with Crippen molar-refractivity contribution in [3.8, 4) is 5.75 Å². The average molecular weight is 475 g/mol. The minimum Gasteiger partial charge on any atom is -0.497 e. The van der Waals surface area contributed by atoms with E-state index >= 15 is 0 Å². The van der Waals surface area contributed by atoms with Crippen LogP contribution in [0.5, 0.6) is 5.75 Å². The van der Waals surface area contributed by atoms with E-state index in [1.54, 1.807) is 18.2 Å². The van der Waals surface area contributed by atoms with Crippen LogP contribution in [0.2, 0.25) is 0 Å². The number of hydrogen-bond acceptors (Lipinski definition) is 7. The van der Waals surface area contributed by atoms with Crippen LogP contribution in [0.4, 0.5) is 5.69 Å². The Morgan fingerprint density at radius 1 is 1.09 bits per heavy atom. The Morgan fingerprint density at radius 3 is 2.50 bits per heavy atom. The van der Waals surface area contributed by atoms with Gasteiger partial charge in [0.05, 0.1) is 24.8 Å². The van der Waals surface area contributed by atoms with Crippen LogP contribution in [-0.2, 0) is 19.6 Å². The molecule has 1 N–H and O–H groups in total. The molecule has 1 aliphatic heterocycles. The van der Waals surface area contributed by atoms with E-state index in [0.717, 1.165) is 4.70 Å². The van der Waals surface area contributed by atoms with Gasteiger partial charge in [0.2, 0.25) is 15.9 Å². The molecule has 0 aliphatic carbocycles. The van der Waals surface area contributed by atoms with Crippen molar-refractivity contribution in [2.75, 3.05) is 26.1 Å². The third-order valence-electron chi connectivity index (χ3n) is 5.39. The highest BCUT2D eigenvalue weighted by Gasteiger charge is 2.40. The van der Waals surface area contributed by atoms with E-state index in [1.807, 2.05) is 18.2 Å². The molecule has 0 unspecified atom stereocenters. The number of carbonyl (C=O) groups is 2. The molecule has 2 aromatic carbocycles. The fraction of sp³-hybridized carbons (Fsp3) is 0.273. The topological polar surface area (TPSA) is 102 Å². The SMILES string of the molecule is COC(=O)c1sc2ccccc2c1NC(=O)[C@@H]1CCCN1S(=O)(=O)c1ccc(OC)cc1. The van der Waals surface area contributed by atoms with Gasteiger partial charge >= 0.3 is 5.97 Å². The second-order valence-corrected chi connectivity index (χ2v) is 10.2. The van der Waals surface area contributed by atoms with E-state index in [9.17, 15) is 18.0 Å². The predicted molar refractivity (Wildman–Crippen MR) is 122 cm³/mol. The van der Waals surface area contributed by atoms with E-state index in [4.69, 9.17) is 9.47 Å². The van der Waals surface area contributed by atoms with E-state index in [1.165, 1.54) is 42.0 Å². The maximum absolute atomic E-state index is 13.2. The first-order chi connectivity index (χ1) is 15.4. The van der Waals surface area contributed by atoms with Crippen LogP contribution in [0.3, 0.4) is 0 Å². The van der Waals surface area contributed by atoms with Crippen molar-refractivity contribution in [1.82, 2.24) is 4.31 Å². The maximum Gasteiger partial charge on any atom is 0.350 e. The Hall–Kier alpha value is -2.95. The molecule has 32 heavy (non-hydrogen) atoms. The number of methoxy groups -OCH3 is 2. The smallest absolute Gasteiger partial charge is 0.350 e. The first-order valence-corrected chi connectivity index (χ1v) is 12.2. The summed E-state index contributed by atoms with van der Waals surface area (Å²) < 4.78 is 38.4. The largest absolute Gasteiger partial charge is 0.497 e.